The SMILES string of the molecule is O=C([O-])c1ccccc1.O=C([O-])c1ccccc1.c1ccc([CH2][Sn+2][CH2]c2ccccc2)cc1. The van der Waals surface area contributed by atoms with Crippen LogP contribution in [-0.4, -0.2) is 33.1 Å². The standard InChI is InChI=1S/2C7H6O2.2C7H7.Sn/c2*8-7(9)6-4-2-1-3-5-6;2*1-7-5-3-2-4-6-7;/h2*1-5H,(H,8,9);2*2-6H,1H2;/q;;;;+2/p-2. The van der Waals surface area contributed by atoms with Gasteiger partial charge >= 0.3 is 102 Å². The molecule has 4 nitrogen and oxygen atoms in total. The maximum absolute atomic E-state index is 10.1. The molecule has 4 rings (SSSR count). The molecule has 33 heavy (non-hydrogen) atoms. The fraction of sp³-hybridized carbons (Fsp3) is 0.0714. The predicted molar refractivity (Wildman–Crippen MR) is 128 cm³/mol. The zero-order valence-electron chi connectivity index (χ0n) is 18.1. The van der Waals surface area contributed by atoms with Crippen LogP contribution in [0.2, 0.25) is 0 Å². The van der Waals surface area contributed by atoms with E-state index >= 15 is 0 Å². The van der Waals surface area contributed by atoms with Crippen molar-refractivity contribution in [3.05, 3.63) is 144 Å². The molecule has 0 aromatic heterocycles. The van der Waals surface area contributed by atoms with Crippen molar-refractivity contribution >= 4 is 33.1 Å². The van der Waals surface area contributed by atoms with Crippen LogP contribution < -0.4 is 10.2 Å². The molecular formula is C28H24O4Sn. The topological polar surface area (TPSA) is 80.3 Å². The Morgan fingerprint density at radius 3 is 1.00 bits per heavy atom. The average molecular weight is 543 g/mol. The number of carboxylic acids is 2. The van der Waals surface area contributed by atoms with Gasteiger partial charge in [-0.3, -0.25) is 0 Å². The second-order valence-corrected chi connectivity index (χ2v) is 10.3. The van der Waals surface area contributed by atoms with Gasteiger partial charge in [0.25, 0.3) is 0 Å². The van der Waals surface area contributed by atoms with Gasteiger partial charge < -0.3 is 19.8 Å². The number of carbonyl (C=O) groups is 2. The van der Waals surface area contributed by atoms with E-state index in [1.165, 1.54) is 44.3 Å². The second-order valence-electron chi connectivity index (χ2n) is 6.88. The van der Waals surface area contributed by atoms with Gasteiger partial charge in [0.15, 0.2) is 0 Å². The van der Waals surface area contributed by atoms with E-state index in [1.807, 2.05) is 0 Å². The Balaban J connectivity index is 0.000000186. The molecule has 4 aromatic rings. The van der Waals surface area contributed by atoms with E-state index in [2.05, 4.69) is 60.7 Å². The molecule has 0 aliphatic rings. The molecule has 0 heterocycles. The Bertz CT molecular complexity index is 981. The molecule has 0 bridgehead atoms. The summed E-state index contributed by atoms with van der Waals surface area (Å²) in [7, 11) is 0. The van der Waals surface area contributed by atoms with E-state index in [-0.39, 0.29) is 32.3 Å². The first-order valence-corrected chi connectivity index (χ1v) is 14.4. The van der Waals surface area contributed by atoms with Crippen LogP contribution in [0.25, 0.3) is 0 Å². The van der Waals surface area contributed by atoms with Crippen molar-refractivity contribution in [2.24, 2.45) is 0 Å². The van der Waals surface area contributed by atoms with Gasteiger partial charge in [-0.25, -0.2) is 0 Å². The first-order valence-electron chi connectivity index (χ1n) is 10.4. The van der Waals surface area contributed by atoms with Crippen LogP contribution in [0.3, 0.4) is 0 Å². The van der Waals surface area contributed by atoms with Gasteiger partial charge in [-0.05, 0) is 11.1 Å². The summed E-state index contributed by atoms with van der Waals surface area (Å²) >= 11 is -0.258. The number of rotatable bonds is 6. The summed E-state index contributed by atoms with van der Waals surface area (Å²) < 4.78 is 2.69. The zero-order chi connectivity index (χ0) is 23.7. The molecule has 0 amide bonds. The van der Waals surface area contributed by atoms with Crippen molar-refractivity contribution in [1.29, 1.82) is 0 Å². The molecule has 0 spiro atoms. The molecule has 0 atom stereocenters. The van der Waals surface area contributed by atoms with Gasteiger partial charge in [0.1, 0.15) is 0 Å². The summed E-state index contributed by atoms with van der Waals surface area (Å²) in [5.41, 5.74) is 3.47. The molecule has 0 unspecified atom stereocenters. The molecule has 0 radical (unpaired) electrons. The third-order valence-electron chi connectivity index (χ3n) is 4.36. The second kappa shape index (κ2) is 15.4. The number of carbonyl (C=O) groups excluding carboxylic acids is 2. The molecular weight excluding hydrogens is 519 g/mol. The van der Waals surface area contributed by atoms with Crippen LogP contribution in [0.1, 0.15) is 31.8 Å². The predicted octanol–water partition coefficient (Wildman–Crippen LogP) is 3.19. The van der Waals surface area contributed by atoms with Crippen molar-refractivity contribution in [2.45, 2.75) is 8.87 Å². The van der Waals surface area contributed by atoms with E-state index in [0.29, 0.717) is 0 Å². The van der Waals surface area contributed by atoms with Crippen LogP contribution in [0.5, 0.6) is 0 Å². The van der Waals surface area contributed by atoms with Crippen molar-refractivity contribution in [1.82, 2.24) is 0 Å². The van der Waals surface area contributed by atoms with Crippen LogP contribution in [0.15, 0.2) is 121 Å². The number of benzene rings is 4. The fourth-order valence-electron chi connectivity index (χ4n) is 2.69. The summed E-state index contributed by atoms with van der Waals surface area (Å²) in [6, 6.07) is 37.8. The molecule has 0 N–H and O–H groups in total. The summed E-state index contributed by atoms with van der Waals surface area (Å²) in [4.78, 5) is 20.2. The minimum absolute atomic E-state index is 0.220. The van der Waals surface area contributed by atoms with Gasteiger partial charge in [0.05, 0.1) is 11.9 Å². The molecule has 0 saturated heterocycles. The third-order valence-corrected chi connectivity index (χ3v) is 8.12. The Morgan fingerprint density at radius 2 is 0.758 bits per heavy atom. The van der Waals surface area contributed by atoms with E-state index in [0.717, 1.165) is 0 Å². The first-order chi connectivity index (χ1) is 16.1. The third kappa shape index (κ3) is 11.2. The van der Waals surface area contributed by atoms with Gasteiger partial charge in [-0.15, -0.1) is 0 Å². The molecule has 0 aliphatic heterocycles. The van der Waals surface area contributed by atoms with E-state index in [1.54, 1.807) is 36.4 Å². The van der Waals surface area contributed by atoms with Crippen LogP contribution in [0, 0.1) is 0 Å². The molecule has 5 heteroatoms. The van der Waals surface area contributed by atoms with Gasteiger partial charge in [0, 0.05) is 0 Å². The number of carboxylic acid groups (broad SMARTS) is 2. The van der Waals surface area contributed by atoms with Gasteiger partial charge in [0.2, 0.25) is 0 Å². The Kier molecular flexibility index (Phi) is 12.1. The van der Waals surface area contributed by atoms with Crippen molar-refractivity contribution in [2.75, 3.05) is 0 Å². The van der Waals surface area contributed by atoms with Gasteiger partial charge in [-0.1, -0.05) is 60.7 Å². The zero-order valence-corrected chi connectivity index (χ0v) is 20.9. The van der Waals surface area contributed by atoms with E-state index in [9.17, 15) is 19.8 Å². The Morgan fingerprint density at radius 1 is 0.485 bits per heavy atom. The number of hydrogen-bond acceptors (Lipinski definition) is 4. The Hall–Kier alpha value is -3.38. The fourth-order valence-corrected chi connectivity index (χ4v) is 6.04. The summed E-state index contributed by atoms with van der Waals surface area (Å²) in [5, 5.41) is 20.2. The normalized spacial score (nSPS) is 9.21. The molecule has 164 valence electrons. The molecule has 0 saturated carbocycles. The van der Waals surface area contributed by atoms with Crippen molar-refractivity contribution < 1.29 is 19.8 Å². The van der Waals surface area contributed by atoms with Crippen LogP contribution >= 0.6 is 0 Å². The minimum atomic E-state index is -1.13. The van der Waals surface area contributed by atoms with Crippen LogP contribution in [0.4, 0.5) is 0 Å². The van der Waals surface area contributed by atoms with Crippen molar-refractivity contribution in [3.63, 3.8) is 0 Å². The van der Waals surface area contributed by atoms with Crippen LogP contribution in [-0.2, 0) is 8.87 Å². The van der Waals surface area contributed by atoms with Gasteiger partial charge in [-0.2, -0.15) is 0 Å². The number of hydrogen-bond donors (Lipinski definition) is 0. The molecule has 0 aliphatic carbocycles. The maximum atomic E-state index is 10.1. The monoisotopic (exact) mass is 544 g/mol. The molecule has 0 fully saturated rings. The van der Waals surface area contributed by atoms with E-state index < -0.39 is 11.9 Å². The first kappa shape index (κ1) is 25.9. The molecule has 4 aromatic carbocycles. The van der Waals surface area contributed by atoms with Crippen molar-refractivity contribution in [3.8, 4) is 0 Å². The summed E-state index contributed by atoms with van der Waals surface area (Å²) in [6.45, 7) is 0. The van der Waals surface area contributed by atoms with E-state index in [4.69, 9.17) is 0 Å². The summed E-state index contributed by atoms with van der Waals surface area (Å²) in [6.07, 6.45) is 0. The number of aromatic carboxylic acids is 2. The Labute approximate surface area is 204 Å². The summed E-state index contributed by atoms with van der Waals surface area (Å²) in [5.74, 6) is -2.26. The quantitative estimate of drug-likeness (QED) is 0.350. The average Bonchev–Trinajstić information content (AvgIpc) is 2.87.